The minimum Gasteiger partial charge on any atom is -0.176 e. The predicted molar refractivity (Wildman–Crippen MR) is 24.2 cm³/mol. The topological polar surface area (TPSA) is 0 Å². The Morgan fingerprint density at radius 2 is 1.67 bits per heavy atom. The summed E-state index contributed by atoms with van der Waals surface area (Å²) < 4.78 is 18.8. The van der Waals surface area contributed by atoms with Crippen molar-refractivity contribution in [3.63, 3.8) is 0 Å². The van der Waals surface area contributed by atoms with Gasteiger partial charge < -0.3 is 0 Å². The van der Waals surface area contributed by atoms with Crippen LogP contribution in [0.15, 0.2) is 0 Å². The summed E-state index contributed by atoms with van der Waals surface area (Å²) in [6.07, 6.45) is 0. The lowest BCUT2D eigenvalue weighted by Gasteiger charge is -1.95. The number of alkyl halides is 3. The van der Waals surface area contributed by atoms with Crippen LogP contribution in [-0.4, -0.2) is 4.71 Å². The molecule has 0 amide bonds. The summed E-state index contributed by atoms with van der Waals surface area (Å²) in [5, 5.41) is 0. The third-order valence-corrected chi connectivity index (χ3v) is 1.31. The summed E-state index contributed by atoms with van der Waals surface area (Å²) in [7, 11) is 4.30. The second-order valence-electron chi connectivity index (χ2n) is 0.523. The van der Waals surface area contributed by atoms with Gasteiger partial charge in [-0.3, -0.25) is 0 Å². The standard InChI is InChI=1S/CCl2F2S/c2-1(4,5)6-3. The van der Waals surface area contributed by atoms with Crippen molar-refractivity contribution in [1.82, 2.24) is 0 Å². The van der Waals surface area contributed by atoms with Gasteiger partial charge in [-0.05, 0) is 22.3 Å². The molecule has 0 aromatic carbocycles. The average Bonchev–Trinajstić information content (AvgIpc) is 1.35. The smallest absolute Gasteiger partial charge is 0.176 e. The maximum absolute atomic E-state index is 11.0. The highest BCUT2D eigenvalue weighted by molar-refractivity contribution is 8.22. The van der Waals surface area contributed by atoms with Crippen LogP contribution in [0.1, 0.15) is 0 Å². The van der Waals surface area contributed by atoms with Gasteiger partial charge >= 0.3 is 4.71 Å². The molecule has 0 rings (SSSR count). The van der Waals surface area contributed by atoms with Crippen LogP contribution in [0.5, 0.6) is 0 Å². The highest BCUT2D eigenvalue weighted by Gasteiger charge is 2.23. The summed E-state index contributed by atoms with van der Waals surface area (Å²) in [4.78, 5) is 0. The van der Waals surface area contributed by atoms with Gasteiger partial charge in [0.2, 0.25) is 0 Å². The molecule has 0 N–H and O–H groups in total. The fraction of sp³-hybridized carbons (Fsp3) is 1.00. The number of hydrogen-bond acceptors (Lipinski definition) is 1. The third-order valence-electron chi connectivity index (χ3n) is 0.0875. The normalized spacial score (nSPS) is 12.0. The van der Waals surface area contributed by atoms with E-state index in [4.69, 9.17) is 0 Å². The van der Waals surface area contributed by atoms with Gasteiger partial charge in [0.25, 0.3) is 0 Å². The van der Waals surface area contributed by atoms with Crippen LogP contribution in [0.2, 0.25) is 0 Å². The molecule has 0 saturated heterocycles. The van der Waals surface area contributed by atoms with Crippen LogP contribution < -0.4 is 0 Å². The quantitative estimate of drug-likeness (QED) is 0.521. The van der Waals surface area contributed by atoms with E-state index in [2.05, 4.69) is 22.3 Å². The Balaban J connectivity index is 3.17. The minimum absolute atomic E-state index is 0.214. The highest BCUT2D eigenvalue weighted by Crippen LogP contribution is 2.35. The zero-order valence-electron chi connectivity index (χ0n) is 2.42. The summed E-state index contributed by atoms with van der Waals surface area (Å²) in [5.41, 5.74) is 0. The van der Waals surface area contributed by atoms with Crippen molar-refractivity contribution in [2.45, 2.75) is 4.71 Å². The van der Waals surface area contributed by atoms with Crippen LogP contribution in [-0.2, 0) is 0 Å². The lowest BCUT2D eigenvalue weighted by molar-refractivity contribution is 0.205. The van der Waals surface area contributed by atoms with Gasteiger partial charge in [0.15, 0.2) is 0 Å². The summed E-state index contributed by atoms with van der Waals surface area (Å²) in [6.45, 7) is 0. The molecule has 0 aromatic heterocycles. The van der Waals surface area contributed by atoms with Crippen molar-refractivity contribution in [3.8, 4) is 0 Å². The van der Waals surface area contributed by atoms with Crippen molar-refractivity contribution in [2.75, 3.05) is 0 Å². The van der Waals surface area contributed by atoms with E-state index in [0.717, 1.165) is 0 Å². The van der Waals surface area contributed by atoms with Crippen molar-refractivity contribution in [3.05, 3.63) is 0 Å². The first kappa shape index (κ1) is 6.79. The molecule has 0 heterocycles. The molecule has 6 heavy (non-hydrogen) atoms. The lowest BCUT2D eigenvalue weighted by Crippen LogP contribution is -1.91. The zero-order chi connectivity index (χ0) is 5.21. The fourth-order valence-corrected chi connectivity index (χ4v) is 0. The molecule has 0 spiro atoms. The molecule has 0 nitrogen and oxygen atoms in total. The largest absolute Gasteiger partial charge is 0.385 e. The Morgan fingerprint density at radius 3 is 1.67 bits per heavy atom. The number of hydrogen-bond donors (Lipinski definition) is 0. The second kappa shape index (κ2) is 2.19. The molecule has 38 valence electrons. The summed E-state index contributed by atoms with van der Waals surface area (Å²) in [6, 6.07) is 0. The van der Waals surface area contributed by atoms with E-state index in [1.807, 2.05) is 0 Å². The molecule has 0 unspecified atom stereocenters. The summed E-state index contributed by atoms with van der Waals surface area (Å²) in [5.74, 6) is 0. The number of halogens is 4. The molecule has 0 aliphatic carbocycles. The van der Waals surface area contributed by atoms with Gasteiger partial charge in [0.05, 0.1) is 0 Å². The molecule has 0 atom stereocenters. The van der Waals surface area contributed by atoms with Crippen molar-refractivity contribution >= 4 is 33.3 Å². The van der Waals surface area contributed by atoms with Crippen molar-refractivity contribution in [1.29, 1.82) is 0 Å². The van der Waals surface area contributed by atoms with E-state index < -0.39 is 4.71 Å². The molecule has 0 aliphatic heterocycles. The average molecular weight is 153 g/mol. The van der Waals surface area contributed by atoms with Crippen LogP contribution in [0, 0.1) is 0 Å². The first-order valence-electron chi connectivity index (χ1n) is 0.925. The maximum Gasteiger partial charge on any atom is 0.385 e. The second-order valence-corrected chi connectivity index (χ2v) is 2.35. The van der Waals surface area contributed by atoms with Gasteiger partial charge in [-0.1, -0.05) is 0 Å². The van der Waals surface area contributed by atoms with Crippen LogP contribution >= 0.6 is 33.3 Å². The van der Waals surface area contributed by atoms with Crippen LogP contribution in [0.25, 0.3) is 0 Å². The van der Waals surface area contributed by atoms with E-state index in [0.29, 0.717) is 0 Å². The monoisotopic (exact) mass is 152 g/mol. The summed E-state index contributed by atoms with van der Waals surface area (Å²) >= 11 is 4.22. The number of rotatable bonds is 1. The van der Waals surface area contributed by atoms with Gasteiger partial charge in [0, 0.05) is 11.0 Å². The maximum atomic E-state index is 11.0. The lowest BCUT2D eigenvalue weighted by atomic mass is 11.6. The SMILES string of the molecule is FC(F)(Cl)SCl. The molecular formula is CCl2F2S. The molecule has 0 fully saturated rings. The van der Waals surface area contributed by atoms with Crippen molar-refractivity contribution in [2.24, 2.45) is 0 Å². The third kappa shape index (κ3) is 4.79. The van der Waals surface area contributed by atoms with E-state index in [-0.39, 0.29) is 11.0 Å². The predicted octanol–water partition coefficient (Wildman–Crippen LogP) is 2.66. The minimum atomic E-state index is -3.30. The highest BCUT2D eigenvalue weighted by atomic mass is 35.7. The molecule has 0 radical (unpaired) electrons. The molecular weight excluding hydrogens is 153 g/mol. The molecule has 0 aliphatic rings. The molecule has 0 aromatic rings. The van der Waals surface area contributed by atoms with E-state index in [1.165, 1.54) is 0 Å². The van der Waals surface area contributed by atoms with Crippen LogP contribution in [0.3, 0.4) is 0 Å². The van der Waals surface area contributed by atoms with Crippen molar-refractivity contribution < 1.29 is 8.78 Å². The van der Waals surface area contributed by atoms with E-state index in [9.17, 15) is 8.78 Å². The zero-order valence-corrected chi connectivity index (χ0v) is 4.75. The Bertz CT molecular complexity index is 41.3. The Hall–Kier alpha value is 0.790. The Morgan fingerprint density at radius 1 is 1.50 bits per heavy atom. The first-order valence-corrected chi connectivity index (χ1v) is 2.95. The van der Waals surface area contributed by atoms with Gasteiger partial charge in [-0.25, -0.2) is 0 Å². The molecule has 0 bridgehead atoms. The van der Waals surface area contributed by atoms with Gasteiger partial charge in [-0.15, -0.1) is 0 Å². The van der Waals surface area contributed by atoms with E-state index in [1.54, 1.807) is 0 Å². The Labute approximate surface area is 47.3 Å². The fourth-order valence-electron chi connectivity index (χ4n) is 0. The molecule has 5 heteroatoms. The first-order chi connectivity index (χ1) is 2.56. The Kier molecular flexibility index (Phi) is 2.48. The van der Waals surface area contributed by atoms with Gasteiger partial charge in [0.1, 0.15) is 0 Å². The van der Waals surface area contributed by atoms with Gasteiger partial charge in [-0.2, -0.15) is 8.78 Å². The van der Waals surface area contributed by atoms with Crippen LogP contribution in [0.4, 0.5) is 8.78 Å². The molecule has 0 saturated carbocycles. The van der Waals surface area contributed by atoms with E-state index >= 15 is 0 Å².